The monoisotopic (exact) mass is 463 g/mol. The molecule has 166 valence electrons. The molecule has 2 N–H and O–H groups in total. The molecular formula is C21H25N3O5S2. The first-order valence-corrected chi connectivity index (χ1v) is 10.8. The zero-order valence-electron chi connectivity index (χ0n) is 18.0. The number of amides is 1. The molecule has 0 saturated heterocycles. The van der Waals surface area contributed by atoms with E-state index in [4.69, 9.17) is 21.7 Å². The van der Waals surface area contributed by atoms with E-state index in [0.717, 1.165) is 17.0 Å². The Morgan fingerprint density at radius 3 is 2.16 bits per heavy atom. The van der Waals surface area contributed by atoms with Gasteiger partial charge >= 0.3 is 11.9 Å². The predicted molar refractivity (Wildman–Crippen MR) is 126 cm³/mol. The standard InChI is InChI=1S/C21H25N3O5S2/c1-6-28-19(26)16-12(3)17(20(27)29-7-2)31-18(16)23-21(30)22-14-8-10-15(11-9-14)24(5)13(4)25/h8-11H,6-7H2,1-5H3,(H2,22,23,30). The van der Waals surface area contributed by atoms with Gasteiger partial charge in [0.25, 0.3) is 0 Å². The van der Waals surface area contributed by atoms with Crippen molar-refractivity contribution in [2.75, 3.05) is 35.8 Å². The zero-order chi connectivity index (χ0) is 23.1. The van der Waals surface area contributed by atoms with Crippen LogP contribution in [0.1, 0.15) is 46.4 Å². The minimum atomic E-state index is -0.547. The van der Waals surface area contributed by atoms with Gasteiger partial charge in [-0.2, -0.15) is 0 Å². The number of ether oxygens (including phenoxy) is 2. The Kier molecular flexibility index (Phi) is 8.52. The third-order valence-corrected chi connectivity index (χ3v) is 5.69. The molecule has 0 fully saturated rings. The van der Waals surface area contributed by atoms with Gasteiger partial charge in [0.1, 0.15) is 9.88 Å². The van der Waals surface area contributed by atoms with Gasteiger partial charge in [-0.05, 0) is 62.8 Å². The number of thiophene rings is 1. The van der Waals surface area contributed by atoms with Crippen molar-refractivity contribution in [3.05, 3.63) is 40.3 Å². The second-order valence-electron chi connectivity index (χ2n) is 6.41. The highest BCUT2D eigenvalue weighted by atomic mass is 32.1. The number of carbonyl (C=O) groups is 3. The molecule has 0 atom stereocenters. The normalized spacial score (nSPS) is 10.2. The fourth-order valence-electron chi connectivity index (χ4n) is 2.66. The number of hydrogen-bond donors (Lipinski definition) is 2. The van der Waals surface area contributed by atoms with Crippen LogP contribution < -0.4 is 15.5 Å². The highest BCUT2D eigenvalue weighted by Gasteiger charge is 2.26. The van der Waals surface area contributed by atoms with Crippen LogP contribution in [0.15, 0.2) is 24.3 Å². The summed E-state index contributed by atoms with van der Waals surface area (Å²) in [6.45, 7) is 7.00. The van der Waals surface area contributed by atoms with E-state index < -0.39 is 11.9 Å². The number of anilines is 3. The summed E-state index contributed by atoms with van der Waals surface area (Å²) in [6.07, 6.45) is 0. The Hall–Kier alpha value is -2.98. The summed E-state index contributed by atoms with van der Waals surface area (Å²) < 4.78 is 10.2. The van der Waals surface area contributed by atoms with Crippen molar-refractivity contribution in [1.29, 1.82) is 0 Å². The Morgan fingerprint density at radius 2 is 1.61 bits per heavy atom. The van der Waals surface area contributed by atoms with Gasteiger partial charge in [0, 0.05) is 25.3 Å². The summed E-state index contributed by atoms with van der Waals surface area (Å²) in [5.41, 5.74) is 2.16. The first-order chi connectivity index (χ1) is 14.7. The van der Waals surface area contributed by atoms with Crippen LogP contribution in [0.25, 0.3) is 0 Å². The quantitative estimate of drug-likeness (QED) is 0.466. The number of benzene rings is 1. The van der Waals surface area contributed by atoms with Gasteiger partial charge in [-0.25, -0.2) is 9.59 Å². The molecule has 1 aromatic heterocycles. The molecule has 1 heterocycles. The molecule has 0 spiro atoms. The Bertz CT molecular complexity index is 986. The van der Waals surface area contributed by atoms with Crippen molar-refractivity contribution in [3.63, 3.8) is 0 Å². The van der Waals surface area contributed by atoms with Gasteiger partial charge < -0.3 is 25.0 Å². The lowest BCUT2D eigenvalue weighted by Crippen LogP contribution is -2.23. The Balaban J connectivity index is 2.23. The summed E-state index contributed by atoms with van der Waals surface area (Å²) in [6, 6.07) is 7.12. The summed E-state index contributed by atoms with van der Waals surface area (Å²) in [7, 11) is 1.69. The van der Waals surface area contributed by atoms with Crippen molar-refractivity contribution < 1.29 is 23.9 Å². The highest BCUT2D eigenvalue weighted by Crippen LogP contribution is 2.34. The van der Waals surface area contributed by atoms with Crippen LogP contribution in [0, 0.1) is 6.92 Å². The molecule has 0 radical (unpaired) electrons. The molecule has 0 bridgehead atoms. The molecule has 10 heteroatoms. The van der Waals surface area contributed by atoms with Gasteiger partial charge in [-0.1, -0.05) is 0 Å². The maximum absolute atomic E-state index is 12.5. The molecule has 0 aliphatic carbocycles. The summed E-state index contributed by atoms with van der Waals surface area (Å²) in [5, 5.41) is 6.62. The molecule has 0 aliphatic rings. The third-order valence-electron chi connectivity index (χ3n) is 4.30. The molecule has 2 rings (SSSR count). The summed E-state index contributed by atoms with van der Waals surface area (Å²) in [4.78, 5) is 38.0. The minimum absolute atomic E-state index is 0.0742. The van der Waals surface area contributed by atoms with Gasteiger partial charge in [-0.3, -0.25) is 4.79 Å². The largest absolute Gasteiger partial charge is 0.462 e. The first kappa shape index (κ1) is 24.3. The minimum Gasteiger partial charge on any atom is -0.462 e. The number of thiocarbonyl (C=S) groups is 1. The molecule has 0 saturated carbocycles. The van der Waals surface area contributed by atoms with Crippen LogP contribution >= 0.6 is 23.6 Å². The van der Waals surface area contributed by atoms with E-state index in [9.17, 15) is 14.4 Å². The number of nitrogens with one attached hydrogen (secondary N) is 2. The molecule has 2 aromatic rings. The summed E-state index contributed by atoms with van der Waals surface area (Å²) >= 11 is 6.45. The Labute approximate surface area is 190 Å². The van der Waals surface area contributed by atoms with E-state index in [1.807, 2.05) is 0 Å². The second kappa shape index (κ2) is 10.9. The van der Waals surface area contributed by atoms with Crippen LogP contribution in [0.3, 0.4) is 0 Å². The number of nitrogens with zero attached hydrogens (tertiary/aromatic N) is 1. The molecule has 1 amide bonds. The average Bonchev–Trinajstić information content (AvgIpc) is 3.04. The van der Waals surface area contributed by atoms with E-state index >= 15 is 0 Å². The fraction of sp³-hybridized carbons (Fsp3) is 0.333. The van der Waals surface area contributed by atoms with E-state index in [1.54, 1.807) is 52.1 Å². The molecule has 0 unspecified atom stereocenters. The number of esters is 2. The molecule has 1 aromatic carbocycles. The maximum atomic E-state index is 12.5. The third kappa shape index (κ3) is 6.02. The smallest absolute Gasteiger partial charge is 0.348 e. The fourth-order valence-corrected chi connectivity index (χ4v) is 4.04. The molecule has 8 nitrogen and oxygen atoms in total. The molecular weight excluding hydrogens is 438 g/mol. The van der Waals surface area contributed by atoms with Crippen LogP contribution in [0.4, 0.5) is 16.4 Å². The lowest BCUT2D eigenvalue weighted by Gasteiger charge is -2.16. The van der Waals surface area contributed by atoms with E-state index in [-0.39, 0.29) is 29.8 Å². The highest BCUT2D eigenvalue weighted by molar-refractivity contribution is 7.80. The maximum Gasteiger partial charge on any atom is 0.348 e. The van der Waals surface area contributed by atoms with Gasteiger partial charge in [-0.15, -0.1) is 11.3 Å². The van der Waals surface area contributed by atoms with E-state index in [0.29, 0.717) is 21.1 Å². The van der Waals surface area contributed by atoms with Gasteiger partial charge in [0.15, 0.2) is 5.11 Å². The Morgan fingerprint density at radius 1 is 1.03 bits per heavy atom. The van der Waals surface area contributed by atoms with Crippen molar-refractivity contribution >= 4 is 62.9 Å². The van der Waals surface area contributed by atoms with Crippen molar-refractivity contribution in [2.24, 2.45) is 0 Å². The number of hydrogen-bond acceptors (Lipinski definition) is 7. The number of carbonyl (C=O) groups excluding carboxylic acids is 3. The topological polar surface area (TPSA) is 97.0 Å². The van der Waals surface area contributed by atoms with Gasteiger partial charge in [0.2, 0.25) is 5.91 Å². The summed E-state index contributed by atoms with van der Waals surface area (Å²) in [5.74, 6) is -1.13. The predicted octanol–water partition coefficient (Wildman–Crippen LogP) is 4.20. The first-order valence-electron chi connectivity index (χ1n) is 9.59. The van der Waals surface area contributed by atoms with Crippen molar-refractivity contribution in [3.8, 4) is 0 Å². The van der Waals surface area contributed by atoms with Crippen LogP contribution in [0.5, 0.6) is 0 Å². The van der Waals surface area contributed by atoms with Crippen LogP contribution in [0.2, 0.25) is 0 Å². The number of rotatable bonds is 7. The SMILES string of the molecule is CCOC(=O)c1sc(NC(=S)Nc2ccc(N(C)C(C)=O)cc2)c(C(=O)OCC)c1C. The second-order valence-corrected chi connectivity index (χ2v) is 7.83. The van der Waals surface area contributed by atoms with Gasteiger partial charge in [0.05, 0.1) is 18.8 Å². The van der Waals surface area contributed by atoms with Crippen LogP contribution in [-0.2, 0) is 14.3 Å². The molecule has 31 heavy (non-hydrogen) atoms. The molecule has 0 aliphatic heterocycles. The van der Waals surface area contributed by atoms with Crippen molar-refractivity contribution in [2.45, 2.75) is 27.7 Å². The van der Waals surface area contributed by atoms with E-state index in [1.165, 1.54) is 11.8 Å². The van der Waals surface area contributed by atoms with Crippen LogP contribution in [-0.4, -0.2) is 43.2 Å². The zero-order valence-corrected chi connectivity index (χ0v) is 19.7. The lowest BCUT2D eigenvalue weighted by atomic mass is 10.1. The lowest BCUT2D eigenvalue weighted by molar-refractivity contribution is -0.116. The average molecular weight is 464 g/mol. The van der Waals surface area contributed by atoms with Crippen molar-refractivity contribution in [1.82, 2.24) is 0 Å². The van der Waals surface area contributed by atoms with E-state index in [2.05, 4.69) is 10.6 Å².